The summed E-state index contributed by atoms with van der Waals surface area (Å²) in [6.07, 6.45) is 1.51. The van der Waals surface area contributed by atoms with E-state index in [0.29, 0.717) is 48.5 Å². The zero-order valence-electron chi connectivity index (χ0n) is 23.0. The van der Waals surface area contributed by atoms with Crippen LogP contribution >= 0.6 is 46.1 Å². The fourth-order valence-corrected chi connectivity index (χ4v) is 6.95. The van der Waals surface area contributed by atoms with Gasteiger partial charge in [0.15, 0.2) is 5.76 Å². The lowest BCUT2D eigenvalue weighted by Gasteiger charge is -2.39. The number of amides is 1. The quantitative estimate of drug-likeness (QED) is 0.180. The Balaban J connectivity index is 1.53. The number of thiophene rings is 1. The first kappa shape index (κ1) is 29.9. The fourth-order valence-electron chi connectivity index (χ4n) is 5.35. The smallest absolute Gasteiger partial charge is 0.325 e. The maximum absolute atomic E-state index is 14.4. The third-order valence-electron chi connectivity index (χ3n) is 7.36. The molecule has 0 radical (unpaired) electrons. The van der Waals surface area contributed by atoms with E-state index in [4.69, 9.17) is 44.1 Å². The van der Waals surface area contributed by atoms with E-state index >= 15 is 0 Å². The highest BCUT2D eigenvalue weighted by molar-refractivity contribution is 7.19. The van der Waals surface area contributed by atoms with Gasteiger partial charge in [-0.15, -0.1) is 11.3 Å². The Morgan fingerprint density at radius 2 is 1.90 bits per heavy atom. The highest BCUT2D eigenvalue weighted by atomic mass is 35.5. The number of fused-ring (bicyclic) bond motifs is 1. The summed E-state index contributed by atoms with van der Waals surface area (Å²) < 4.78 is 13.3. The molecule has 0 bridgehead atoms. The van der Waals surface area contributed by atoms with Crippen LogP contribution < -0.4 is 0 Å². The van der Waals surface area contributed by atoms with E-state index in [1.54, 1.807) is 36.1 Å². The number of esters is 1. The molecule has 0 aliphatic carbocycles. The third kappa shape index (κ3) is 6.60. The van der Waals surface area contributed by atoms with Crippen LogP contribution in [0.3, 0.4) is 0 Å². The predicted octanol–water partition coefficient (Wildman–Crippen LogP) is 7.24. The van der Waals surface area contributed by atoms with Gasteiger partial charge in [-0.05, 0) is 63.9 Å². The molecule has 1 aromatic carbocycles. The number of hydrogen-bond donors (Lipinski definition) is 0. The molecule has 3 aromatic heterocycles. The van der Waals surface area contributed by atoms with E-state index in [9.17, 15) is 9.59 Å². The standard InChI is InChI=1S/C29H31Cl3N4O4S/c1-4-39-27(37)16-35(21-7-9-34(10-8-21)17(2)3)29(38)23-12-18-11-19(30)13-22(31)28(18)36(23)15-20-14-24(40-33-20)25-5-6-26(32)41-25/h5-6,11-14,17,21H,4,7-10,15-16H2,1-3H3. The Bertz CT molecular complexity index is 1550. The van der Waals surface area contributed by atoms with Gasteiger partial charge in [0, 0.05) is 41.6 Å². The van der Waals surface area contributed by atoms with Crippen LogP contribution in [0.2, 0.25) is 14.4 Å². The molecule has 218 valence electrons. The first-order chi connectivity index (χ1) is 19.6. The number of hydrogen-bond acceptors (Lipinski definition) is 7. The molecular weight excluding hydrogens is 607 g/mol. The number of halogens is 3. The van der Waals surface area contributed by atoms with E-state index in [0.717, 1.165) is 30.8 Å². The second kappa shape index (κ2) is 12.8. The molecule has 0 spiro atoms. The van der Waals surface area contributed by atoms with Crippen molar-refractivity contribution in [2.45, 2.75) is 52.2 Å². The number of rotatable bonds is 9. The number of benzene rings is 1. The summed E-state index contributed by atoms with van der Waals surface area (Å²) in [6.45, 7) is 8.09. The van der Waals surface area contributed by atoms with Crippen LogP contribution in [0.25, 0.3) is 21.5 Å². The predicted molar refractivity (Wildman–Crippen MR) is 163 cm³/mol. The molecule has 0 unspecified atom stereocenters. The van der Waals surface area contributed by atoms with Crippen molar-refractivity contribution in [3.8, 4) is 10.6 Å². The van der Waals surface area contributed by atoms with Gasteiger partial charge in [-0.1, -0.05) is 40.0 Å². The molecule has 1 aliphatic rings. The number of carbonyl (C=O) groups excluding carboxylic acids is 2. The van der Waals surface area contributed by atoms with E-state index in [1.165, 1.54) is 11.3 Å². The molecule has 12 heteroatoms. The lowest BCUT2D eigenvalue weighted by atomic mass is 10.0. The molecule has 8 nitrogen and oxygen atoms in total. The molecule has 0 saturated carbocycles. The Kier molecular flexibility index (Phi) is 9.30. The van der Waals surface area contributed by atoms with Crippen LogP contribution in [0.1, 0.15) is 49.8 Å². The van der Waals surface area contributed by atoms with Gasteiger partial charge in [0.05, 0.1) is 32.9 Å². The Hall–Kier alpha value is -2.56. The van der Waals surface area contributed by atoms with Crippen LogP contribution in [0.5, 0.6) is 0 Å². The van der Waals surface area contributed by atoms with Crippen molar-refractivity contribution in [3.63, 3.8) is 0 Å². The van der Waals surface area contributed by atoms with Crippen molar-refractivity contribution in [3.05, 3.63) is 62.2 Å². The molecule has 1 saturated heterocycles. The normalized spacial score (nSPS) is 14.7. The van der Waals surface area contributed by atoms with Crippen molar-refractivity contribution in [1.29, 1.82) is 0 Å². The summed E-state index contributed by atoms with van der Waals surface area (Å²) >= 11 is 20.5. The zero-order chi connectivity index (χ0) is 29.3. The van der Waals surface area contributed by atoms with E-state index in [-0.39, 0.29) is 31.6 Å². The summed E-state index contributed by atoms with van der Waals surface area (Å²) in [4.78, 5) is 31.9. The second-order valence-electron chi connectivity index (χ2n) is 10.3. The zero-order valence-corrected chi connectivity index (χ0v) is 26.1. The number of carbonyl (C=O) groups is 2. The first-order valence-corrected chi connectivity index (χ1v) is 15.5. The molecule has 1 fully saturated rings. The largest absolute Gasteiger partial charge is 0.465 e. The van der Waals surface area contributed by atoms with Gasteiger partial charge in [0.1, 0.15) is 17.9 Å². The van der Waals surface area contributed by atoms with Crippen LogP contribution in [-0.2, 0) is 16.1 Å². The van der Waals surface area contributed by atoms with Gasteiger partial charge in [0.2, 0.25) is 0 Å². The molecule has 4 heterocycles. The minimum absolute atomic E-state index is 0.116. The summed E-state index contributed by atoms with van der Waals surface area (Å²) in [7, 11) is 0. The van der Waals surface area contributed by atoms with E-state index in [2.05, 4.69) is 23.9 Å². The third-order valence-corrected chi connectivity index (χ3v) is 9.11. The minimum atomic E-state index is -0.438. The van der Waals surface area contributed by atoms with Crippen molar-refractivity contribution in [1.82, 2.24) is 19.5 Å². The fraction of sp³-hybridized carbons (Fsp3) is 0.414. The molecule has 5 rings (SSSR count). The molecular formula is C29H31Cl3N4O4S. The topological polar surface area (TPSA) is 80.8 Å². The number of nitrogens with zero attached hydrogens (tertiary/aromatic N) is 4. The van der Waals surface area contributed by atoms with Crippen LogP contribution in [-0.4, -0.2) is 69.7 Å². The lowest BCUT2D eigenvalue weighted by Crippen LogP contribution is -2.50. The van der Waals surface area contributed by atoms with Crippen molar-refractivity contribution in [2.75, 3.05) is 26.2 Å². The number of likely N-dealkylation sites (tertiary alicyclic amines) is 1. The Morgan fingerprint density at radius 1 is 1.15 bits per heavy atom. The summed E-state index contributed by atoms with van der Waals surface area (Å²) in [5.74, 6) is -0.138. The van der Waals surface area contributed by atoms with Crippen LogP contribution in [0, 0.1) is 0 Å². The highest BCUT2D eigenvalue weighted by Gasteiger charge is 2.33. The average molecular weight is 638 g/mol. The molecule has 0 N–H and O–H groups in total. The number of ether oxygens (including phenoxy) is 1. The number of piperidine rings is 1. The average Bonchev–Trinajstić information content (AvgIpc) is 3.66. The van der Waals surface area contributed by atoms with Crippen molar-refractivity contribution >= 4 is 68.9 Å². The monoisotopic (exact) mass is 636 g/mol. The summed E-state index contributed by atoms with van der Waals surface area (Å²) in [5, 5.41) is 5.84. The summed E-state index contributed by atoms with van der Waals surface area (Å²) in [5.41, 5.74) is 1.63. The van der Waals surface area contributed by atoms with Gasteiger partial charge in [0.25, 0.3) is 5.91 Å². The van der Waals surface area contributed by atoms with Crippen LogP contribution in [0.4, 0.5) is 0 Å². The molecule has 41 heavy (non-hydrogen) atoms. The van der Waals surface area contributed by atoms with Gasteiger partial charge in [-0.25, -0.2) is 0 Å². The maximum Gasteiger partial charge on any atom is 0.325 e. The second-order valence-corrected chi connectivity index (χ2v) is 12.9. The maximum atomic E-state index is 14.4. The molecule has 1 aliphatic heterocycles. The van der Waals surface area contributed by atoms with E-state index < -0.39 is 5.97 Å². The molecule has 1 amide bonds. The highest BCUT2D eigenvalue weighted by Crippen LogP contribution is 2.34. The first-order valence-electron chi connectivity index (χ1n) is 13.5. The molecule has 4 aromatic rings. The van der Waals surface area contributed by atoms with Gasteiger partial charge < -0.3 is 23.6 Å². The van der Waals surface area contributed by atoms with Gasteiger partial charge in [-0.3, -0.25) is 9.59 Å². The van der Waals surface area contributed by atoms with Crippen molar-refractivity contribution < 1.29 is 18.8 Å². The number of aromatic nitrogens is 2. The minimum Gasteiger partial charge on any atom is -0.465 e. The SMILES string of the molecule is CCOC(=O)CN(C(=O)c1cc2cc(Cl)cc(Cl)c2n1Cc1cc(-c2ccc(Cl)s2)on1)C1CCN(C(C)C)CC1. The Labute approximate surface area is 257 Å². The summed E-state index contributed by atoms with van der Waals surface area (Å²) in [6, 6.07) is 11.0. The lowest BCUT2D eigenvalue weighted by molar-refractivity contribution is -0.144. The van der Waals surface area contributed by atoms with Gasteiger partial charge >= 0.3 is 5.97 Å². The van der Waals surface area contributed by atoms with Gasteiger partial charge in [-0.2, -0.15) is 0 Å². The Morgan fingerprint density at radius 3 is 2.56 bits per heavy atom. The molecule has 0 atom stereocenters. The van der Waals surface area contributed by atoms with E-state index in [1.807, 2.05) is 16.7 Å². The van der Waals surface area contributed by atoms with Crippen LogP contribution in [0.15, 0.2) is 40.9 Å². The van der Waals surface area contributed by atoms with Crippen molar-refractivity contribution in [2.24, 2.45) is 0 Å².